The maximum atomic E-state index is 11.5. The molecule has 0 aromatic heterocycles. The number of benzene rings is 1. The molecule has 1 atom stereocenters. The number of para-hydroxylation sites is 1. The number of piperazine rings is 1. The highest BCUT2D eigenvalue weighted by Gasteiger charge is 2.49. The van der Waals surface area contributed by atoms with Gasteiger partial charge in [0.25, 0.3) is 0 Å². The molecule has 3 aliphatic rings. The van der Waals surface area contributed by atoms with Crippen LogP contribution in [-0.4, -0.2) is 59.2 Å². The second-order valence-electron chi connectivity index (χ2n) is 6.96. The van der Waals surface area contributed by atoms with Gasteiger partial charge >= 0.3 is 0 Å². The van der Waals surface area contributed by atoms with Crippen LogP contribution in [0.25, 0.3) is 5.57 Å². The van der Waals surface area contributed by atoms with Gasteiger partial charge in [0, 0.05) is 62.9 Å². The molecule has 1 amide bonds. The Morgan fingerprint density at radius 1 is 1.28 bits per heavy atom. The predicted molar refractivity (Wildman–Crippen MR) is 104 cm³/mol. The fourth-order valence-electron chi connectivity index (χ4n) is 3.71. The number of fused-ring (bicyclic) bond motifs is 1. The normalized spacial score (nSPS) is 28.0. The molecule has 0 saturated carbocycles. The molecule has 6 heteroatoms. The highest BCUT2D eigenvalue weighted by molar-refractivity contribution is 8.07. The number of anilines is 1. The van der Waals surface area contributed by atoms with E-state index in [9.17, 15) is 4.79 Å². The minimum atomic E-state index is 0.0323. The first kappa shape index (κ1) is 16.8. The van der Waals surface area contributed by atoms with Crippen molar-refractivity contribution in [2.45, 2.75) is 24.8 Å². The molecule has 134 valence electrons. The number of hydrogen-bond acceptors (Lipinski definition) is 5. The van der Waals surface area contributed by atoms with Gasteiger partial charge in [-0.2, -0.15) is 0 Å². The Kier molecular flexibility index (Phi) is 4.65. The zero-order valence-electron chi connectivity index (χ0n) is 14.8. The van der Waals surface area contributed by atoms with Crippen molar-refractivity contribution in [3.05, 3.63) is 36.0 Å². The van der Waals surface area contributed by atoms with Gasteiger partial charge in [0.1, 0.15) is 4.99 Å². The number of thioether (sulfide) groups is 1. The average Bonchev–Trinajstić information content (AvgIpc) is 3.44. The number of nitrogens with one attached hydrogen (secondary N) is 2. The molecule has 5 nitrogen and oxygen atoms in total. The lowest BCUT2D eigenvalue weighted by molar-refractivity contribution is -0.130. The van der Waals surface area contributed by atoms with Gasteiger partial charge in [-0.25, -0.2) is 0 Å². The SMILES string of the molecule is CC(=O)N1CCN(C2(N/C=C3/CCCNc4ccccc43)CS2)CC1. The second kappa shape index (κ2) is 6.92. The zero-order valence-corrected chi connectivity index (χ0v) is 15.6. The molecule has 2 N–H and O–H groups in total. The molecule has 1 aromatic rings. The Labute approximate surface area is 153 Å². The third-order valence-corrected chi connectivity index (χ3v) is 6.55. The van der Waals surface area contributed by atoms with E-state index in [0.717, 1.165) is 51.3 Å². The number of hydrogen-bond donors (Lipinski definition) is 2. The molecule has 1 unspecified atom stereocenters. The van der Waals surface area contributed by atoms with Crippen LogP contribution in [0.15, 0.2) is 30.5 Å². The van der Waals surface area contributed by atoms with Gasteiger partial charge in [0.05, 0.1) is 0 Å². The van der Waals surface area contributed by atoms with E-state index in [1.54, 1.807) is 6.92 Å². The average molecular weight is 359 g/mol. The molecule has 4 rings (SSSR count). The quantitative estimate of drug-likeness (QED) is 0.813. The monoisotopic (exact) mass is 358 g/mol. The van der Waals surface area contributed by atoms with Crippen LogP contribution < -0.4 is 10.6 Å². The van der Waals surface area contributed by atoms with Gasteiger partial charge in [-0.15, -0.1) is 11.8 Å². The zero-order chi connectivity index (χ0) is 17.3. The van der Waals surface area contributed by atoms with E-state index in [0.29, 0.717) is 0 Å². The van der Waals surface area contributed by atoms with Gasteiger partial charge in [-0.1, -0.05) is 18.2 Å². The maximum Gasteiger partial charge on any atom is 0.219 e. The smallest absolute Gasteiger partial charge is 0.219 e. The Bertz CT molecular complexity index is 678. The van der Waals surface area contributed by atoms with E-state index in [-0.39, 0.29) is 10.9 Å². The van der Waals surface area contributed by atoms with E-state index in [1.807, 2.05) is 16.7 Å². The first-order chi connectivity index (χ1) is 12.2. The Morgan fingerprint density at radius 3 is 2.76 bits per heavy atom. The first-order valence-electron chi connectivity index (χ1n) is 9.12. The minimum absolute atomic E-state index is 0.0323. The number of carbonyl (C=O) groups is 1. The van der Waals surface area contributed by atoms with Crippen LogP contribution in [0.2, 0.25) is 0 Å². The molecular formula is C19H26N4OS. The molecule has 0 aliphatic carbocycles. The lowest BCUT2D eigenvalue weighted by atomic mass is 10.0. The molecular weight excluding hydrogens is 332 g/mol. The largest absolute Gasteiger partial charge is 0.385 e. The van der Waals surface area contributed by atoms with E-state index < -0.39 is 0 Å². The number of amides is 1. The van der Waals surface area contributed by atoms with Crippen molar-refractivity contribution < 1.29 is 4.79 Å². The van der Waals surface area contributed by atoms with Crippen LogP contribution in [0.3, 0.4) is 0 Å². The third kappa shape index (κ3) is 3.51. The topological polar surface area (TPSA) is 47.6 Å². The fraction of sp³-hybridized carbons (Fsp3) is 0.526. The highest BCUT2D eigenvalue weighted by atomic mass is 32.2. The summed E-state index contributed by atoms with van der Waals surface area (Å²) in [7, 11) is 0. The molecule has 25 heavy (non-hydrogen) atoms. The minimum Gasteiger partial charge on any atom is -0.385 e. The number of nitrogens with zero attached hydrogens (tertiary/aromatic N) is 2. The van der Waals surface area contributed by atoms with Gasteiger partial charge in [-0.05, 0) is 24.5 Å². The van der Waals surface area contributed by atoms with Crippen molar-refractivity contribution in [1.82, 2.24) is 15.1 Å². The number of carbonyl (C=O) groups excluding carboxylic acids is 1. The van der Waals surface area contributed by atoms with Gasteiger partial charge in [0.15, 0.2) is 0 Å². The summed E-state index contributed by atoms with van der Waals surface area (Å²) >= 11 is 1.96. The molecule has 0 spiro atoms. The van der Waals surface area contributed by atoms with E-state index >= 15 is 0 Å². The molecule has 3 aliphatic heterocycles. The van der Waals surface area contributed by atoms with E-state index in [1.165, 1.54) is 16.8 Å². The van der Waals surface area contributed by atoms with Gasteiger partial charge in [-0.3, -0.25) is 9.69 Å². The van der Waals surface area contributed by atoms with Crippen LogP contribution in [0.5, 0.6) is 0 Å². The van der Waals surface area contributed by atoms with Gasteiger partial charge < -0.3 is 15.5 Å². The van der Waals surface area contributed by atoms with Crippen LogP contribution in [-0.2, 0) is 4.79 Å². The summed E-state index contributed by atoms with van der Waals surface area (Å²) in [5.41, 5.74) is 3.94. The summed E-state index contributed by atoms with van der Waals surface area (Å²) in [6.07, 6.45) is 4.48. The van der Waals surface area contributed by atoms with E-state index in [2.05, 4.69) is 46.0 Å². The molecule has 2 fully saturated rings. The van der Waals surface area contributed by atoms with Crippen LogP contribution in [0.4, 0.5) is 5.69 Å². The first-order valence-corrected chi connectivity index (χ1v) is 10.1. The predicted octanol–water partition coefficient (Wildman–Crippen LogP) is 2.39. The summed E-state index contributed by atoms with van der Waals surface area (Å²) in [4.78, 5) is 16.0. The summed E-state index contributed by atoms with van der Waals surface area (Å²) in [5, 5.41) is 7.24. The second-order valence-corrected chi connectivity index (χ2v) is 8.21. The highest BCUT2D eigenvalue weighted by Crippen LogP contribution is 2.45. The summed E-state index contributed by atoms with van der Waals surface area (Å²) in [5.74, 6) is 1.30. The summed E-state index contributed by atoms with van der Waals surface area (Å²) in [6, 6.07) is 8.58. The standard InChI is InChI=1S/C19H26N4OS/c1-15(24)22-9-11-23(12-10-22)19(14-25-19)21-13-16-5-4-8-20-18-7-3-2-6-17(16)18/h2-3,6-7,13,20-21H,4-5,8-12,14H2,1H3/b16-13-. The lowest BCUT2D eigenvalue weighted by Crippen LogP contribution is -2.56. The lowest BCUT2D eigenvalue weighted by Gasteiger charge is -2.38. The van der Waals surface area contributed by atoms with Crippen molar-refractivity contribution in [1.29, 1.82) is 0 Å². The summed E-state index contributed by atoms with van der Waals surface area (Å²) < 4.78 is 0. The molecule has 1 aromatic carbocycles. The fourth-order valence-corrected chi connectivity index (χ4v) is 4.62. The van der Waals surface area contributed by atoms with Crippen molar-refractivity contribution >= 4 is 28.9 Å². The van der Waals surface area contributed by atoms with Crippen molar-refractivity contribution in [2.24, 2.45) is 0 Å². The van der Waals surface area contributed by atoms with Crippen LogP contribution in [0, 0.1) is 0 Å². The summed E-state index contributed by atoms with van der Waals surface area (Å²) in [6.45, 7) is 6.26. The molecule has 2 saturated heterocycles. The Balaban J connectivity index is 1.46. The Hall–Kier alpha value is -1.66. The van der Waals surface area contributed by atoms with Crippen LogP contribution in [0.1, 0.15) is 25.3 Å². The van der Waals surface area contributed by atoms with Gasteiger partial charge in [0.2, 0.25) is 5.91 Å². The van der Waals surface area contributed by atoms with Crippen molar-refractivity contribution in [2.75, 3.05) is 43.8 Å². The van der Waals surface area contributed by atoms with Crippen molar-refractivity contribution in [3.8, 4) is 0 Å². The number of rotatable bonds is 3. The van der Waals surface area contributed by atoms with Crippen molar-refractivity contribution in [3.63, 3.8) is 0 Å². The van der Waals surface area contributed by atoms with E-state index in [4.69, 9.17) is 0 Å². The molecule has 0 radical (unpaired) electrons. The van der Waals surface area contributed by atoms with Crippen LogP contribution >= 0.6 is 11.8 Å². The maximum absolute atomic E-state index is 11.5. The molecule has 3 heterocycles. The Morgan fingerprint density at radius 2 is 2.04 bits per heavy atom. The number of allylic oxidation sites excluding steroid dienone is 1. The third-order valence-electron chi connectivity index (χ3n) is 5.34. The molecule has 0 bridgehead atoms.